The fraction of sp³-hybridized carbons (Fsp3) is 0.286. The van der Waals surface area contributed by atoms with Crippen molar-refractivity contribution in [2.75, 3.05) is 5.32 Å². The first-order chi connectivity index (χ1) is 11.3. The van der Waals surface area contributed by atoms with Crippen molar-refractivity contribution in [2.24, 2.45) is 0 Å². The Labute approximate surface area is 138 Å². The van der Waals surface area contributed by atoms with Gasteiger partial charge in [0.25, 0.3) is 11.8 Å². The summed E-state index contributed by atoms with van der Waals surface area (Å²) in [6.07, 6.45) is -2.74. The van der Waals surface area contributed by atoms with Gasteiger partial charge in [-0.3, -0.25) is 14.9 Å². The first-order valence-electron chi connectivity index (χ1n) is 6.96. The van der Waals surface area contributed by atoms with Gasteiger partial charge in [-0.25, -0.2) is 0 Å². The molecule has 0 radical (unpaired) electrons. The Morgan fingerprint density at radius 2 is 1.79 bits per heavy atom. The maximum Gasteiger partial charge on any atom is 0.445 e. The number of anilines is 1. The summed E-state index contributed by atoms with van der Waals surface area (Å²) in [6.45, 7) is 0. The van der Waals surface area contributed by atoms with E-state index in [1.807, 2.05) is 0 Å². The lowest BCUT2D eigenvalue weighted by molar-refractivity contribution is -0.138. The lowest BCUT2D eigenvalue weighted by Gasteiger charge is -2.06. The Morgan fingerprint density at radius 1 is 1.12 bits per heavy atom. The van der Waals surface area contributed by atoms with E-state index in [1.54, 1.807) is 6.07 Å². The van der Waals surface area contributed by atoms with Crippen LogP contribution in [0.1, 0.15) is 38.6 Å². The largest absolute Gasteiger partial charge is 0.445 e. The van der Waals surface area contributed by atoms with Crippen LogP contribution >= 0.6 is 11.3 Å². The van der Waals surface area contributed by atoms with Crippen molar-refractivity contribution in [3.63, 3.8) is 0 Å². The van der Waals surface area contributed by atoms with Crippen molar-refractivity contribution in [2.45, 2.75) is 25.1 Å². The average molecular weight is 356 g/mol. The third-order valence-corrected chi connectivity index (χ3v) is 4.07. The number of amides is 2. The number of nitrogens with zero attached hydrogens (tertiary/aromatic N) is 2. The van der Waals surface area contributed by atoms with Crippen LogP contribution in [0, 0.1) is 0 Å². The highest BCUT2D eigenvalue weighted by atomic mass is 32.1. The van der Waals surface area contributed by atoms with Gasteiger partial charge in [0.15, 0.2) is 0 Å². The van der Waals surface area contributed by atoms with E-state index in [4.69, 9.17) is 0 Å². The quantitative estimate of drug-likeness (QED) is 0.882. The van der Waals surface area contributed by atoms with Crippen molar-refractivity contribution in [3.05, 3.63) is 40.4 Å². The third kappa shape index (κ3) is 3.88. The molecule has 1 saturated carbocycles. The van der Waals surface area contributed by atoms with Crippen LogP contribution in [0.25, 0.3) is 0 Å². The number of carbonyl (C=O) groups excluding carboxylic acids is 2. The Kier molecular flexibility index (Phi) is 4.22. The minimum atomic E-state index is -4.61. The molecule has 2 N–H and O–H groups in total. The van der Waals surface area contributed by atoms with Gasteiger partial charge in [0, 0.05) is 17.2 Å². The molecule has 1 fully saturated rings. The van der Waals surface area contributed by atoms with Gasteiger partial charge in [-0.2, -0.15) is 13.2 Å². The Bertz CT molecular complexity index is 786. The van der Waals surface area contributed by atoms with Gasteiger partial charge in [0.2, 0.25) is 10.1 Å². The predicted octanol–water partition coefficient (Wildman–Crippen LogP) is 2.70. The van der Waals surface area contributed by atoms with E-state index in [-0.39, 0.29) is 34.0 Å². The molecule has 0 saturated heterocycles. The van der Waals surface area contributed by atoms with E-state index in [1.165, 1.54) is 18.2 Å². The molecule has 2 amide bonds. The van der Waals surface area contributed by atoms with Crippen LogP contribution in [0.2, 0.25) is 0 Å². The molecule has 0 spiro atoms. The van der Waals surface area contributed by atoms with Crippen LogP contribution in [0.3, 0.4) is 0 Å². The van der Waals surface area contributed by atoms with Gasteiger partial charge in [-0.1, -0.05) is 17.4 Å². The van der Waals surface area contributed by atoms with E-state index >= 15 is 0 Å². The smallest absolute Gasteiger partial charge is 0.349 e. The molecule has 2 aromatic rings. The van der Waals surface area contributed by atoms with Gasteiger partial charge in [0.1, 0.15) is 0 Å². The Morgan fingerprint density at radius 3 is 2.38 bits per heavy atom. The molecule has 1 aliphatic rings. The molecule has 1 aromatic carbocycles. The van der Waals surface area contributed by atoms with Gasteiger partial charge in [0.05, 0.1) is 0 Å². The van der Waals surface area contributed by atoms with Crippen molar-refractivity contribution in [1.29, 1.82) is 0 Å². The van der Waals surface area contributed by atoms with E-state index in [0.29, 0.717) is 5.56 Å². The normalized spacial score (nSPS) is 14.3. The summed E-state index contributed by atoms with van der Waals surface area (Å²) in [5, 5.41) is 9.90. The molecule has 1 aromatic heterocycles. The van der Waals surface area contributed by atoms with E-state index in [2.05, 4.69) is 20.8 Å². The molecule has 0 atom stereocenters. The van der Waals surface area contributed by atoms with Crippen LogP contribution in [-0.2, 0) is 6.18 Å². The van der Waals surface area contributed by atoms with Crippen LogP contribution in [0.5, 0.6) is 0 Å². The molecule has 0 bridgehead atoms. The number of benzene rings is 1. The Balaban J connectivity index is 1.70. The number of alkyl halides is 3. The minimum Gasteiger partial charge on any atom is -0.349 e. The van der Waals surface area contributed by atoms with Gasteiger partial charge >= 0.3 is 6.18 Å². The first kappa shape index (κ1) is 16.4. The molecule has 6 nitrogen and oxygen atoms in total. The second kappa shape index (κ2) is 6.19. The molecular formula is C14H11F3N4O2S. The third-order valence-electron chi connectivity index (χ3n) is 3.19. The predicted molar refractivity (Wildman–Crippen MR) is 79.8 cm³/mol. The van der Waals surface area contributed by atoms with Crippen LogP contribution < -0.4 is 10.6 Å². The van der Waals surface area contributed by atoms with Crippen molar-refractivity contribution in [3.8, 4) is 0 Å². The summed E-state index contributed by atoms with van der Waals surface area (Å²) < 4.78 is 37.4. The molecule has 0 aliphatic heterocycles. The fourth-order valence-electron chi connectivity index (χ4n) is 1.86. The maximum absolute atomic E-state index is 12.5. The SMILES string of the molecule is O=C(Nc1nnc(C(F)(F)F)s1)c1cccc(C(=O)NC2CC2)c1. The number of aromatic nitrogens is 2. The highest BCUT2D eigenvalue weighted by Crippen LogP contribution is 2.33. The second-order valence-electron chi connectivity index (χ2n) is 5.19. The molecule has 1 heterocycles. The summed E-state index contributed by atoms with van der Waals surface area (Å²) in [7, 11) is 0. The Hall–Kier alpha value is -2.49. The number of halogens is 3. The molecule has 24 heavy (non-hydrogen) atoms. The van der Waals surface area contributed by atoms with Crippen LogP contribution in [0.4, 0.5) is 18.3 Å². The number of rotatable bonds is 4. The average Bonchev–Trinajstić information content (AvgIpc) is 3.21. The maximum atomic E-state index is 12.5. The van der Waals surface area contributed by atoms with Gasteiger partial charge in [-0.15, -0.1) is 10.2 Å². The molecule has 126 valence electrons. The van der Waals surface area contributed by atoms with Crippen molar-refractivity contribution < 1.29 is 22.8 Å². The summed E-state index contributed by atoms with van der Waals surface area (Å²) in [5.41, 5.74) is 0.449. The summed E-state index contributed by atoms with van der Waals surface area (Å²) in [5.74, 6) is -0.955. The zero-order chi connectivity index (χ0) is 17.3. The standard InChI is InChI=1S/C14H11F3N4O2S/c15-14(16,17)12-20-21-13(24-12)19-11(23)8-3-1-2-7(6-8)10(22)18-9-4-5-9/h1-3,6,9H,4-5H2,(H,18,22)(H,19,21,23). The fourth-order valence-corrected chi connectivity index (χ4v) is 2.46. The summed E-state index contributed by atoms with van der Waals surface area (Å²) in [4.78, 5) is 24.1. The van der Waals surface area contributed by atoms with Gasteiger partial charge in [-0.05, 0) is 31.0 Å². The lowest BCUT2D eigenvalue weighted by atomic mass is 10.1. The number of nitrogens with one attached hydrogen (secondary N) is 2. The van der Waals surface area contributed by atoms with Gasteiger partial charge < -0.3 is 5.32 Å². The topological polar surface area (TPSA) is 84.0 Å². The molecular weight excluding hydrogens is 345 g/mol. The minimum absolute atomic E-state index is 0.141. The zero-order valence-corrected chi connectivity index (χ0v) is 12.9. The zero-order valence-electron chi connectivity index (χ0n) is 12.1. The highest BCUT2D eigenvalue weighted by Gasteiger charge is 2.35. The molecule has 3 rings (SSSR count). The van der Waals surface area contributed by atoms with E-state index in [9.17, 15) is 22.8 Å². The molecule has 0 unspecified atom stereocenters. The number of carbonyl (C=O) groups is 2. The number of hydrogen-bond acceptors (Lipinski definition) is 5. The van der Waals surface area contributed by atoms with E-state index in [0.717, 1.165) is 12.8 Å². The monoisotopic (exact) mass is 356 g/mol. The van der Waals surface area contributed by atoms with Crippen molar-refractivity contribution >= 4 is 28.3 Å². The highest BCUT2D eigenvalue weighted by molar-refractivity contribution is 7.15. The molecule has 1 aliphatic carbocycles. The second-order valence-corrected chi connectivity index (χ2v) is 6.17. The molecule has 10 heteroatoms. The summed E-state index contributed by atoms with van der Waals surface area (Å²) in [6, 6.07) is 6.09. The summed E-state index contributed by atoms with van der Waals surface area (Å²) >= 11 is 0.232. The van der Waals surface area contributed by atoms with Crippen molar-refractivity contribution in [1.82, 2.24) is 15.5 Å². The van der Waals surface area contributed by atoms with Crippen LogP contribution in [0.15, 0.2) is 24.3 Å². The van der Waals surface area contributed by atoms with Crippen LogP contribution in [-0.4, -0.2) is 28.1 Å². The first-order valence-corrected chi connectivity index (χ1v) is 7.77. The number of hydrogen-bond donors (Lipinski definition) is 2. The van der Waals surface area contributed by atoms with E-state index < -0.39 is 17.1 Å². The lowest BCUT2D eigenvalue weighted by Crippen LogP contribution is -2.25.